The van der Waals surface area contributed by atoms with Gasteiger partial charge >= 0.3 is 5.69 Å². The molecule has 0 aromatic carbocycles. The lowest BCUT2D eigenvalue weighted by molar-refractivity contribution is -0.0695. The van der Waals surface area contributed by atoms with Crippen molar-refractivity contribution in [3.8, 4) is 0 Å². The molecule has 1 heterocycles. The van der Waals surface area contributed by atoms with E-state index in [4.69, 9.17) is 0 Å². The number of hydrogen-bond donors (Lipinski definition) is 4. The fourth-order valence-electron chi connectivity index (χ4n) is 3.79. The van der Waals surface area contributed by atoms with E-state index in [9.17, 15) is 24.9 Å². The van der Waals surface area contributed by atoms with Crippen molar-refractivity contribution in [2.24, 2.45) is 5.41 Å². The predicted molar refractivity (Wildman–Crippen MR) is 69.3 cm³/mol. The van der Waals surface area contributed by atoms with Gasteiger partial charge in [-0.05, 0) is 19.3 Å². The molecule has 2 saturated carbocycles. The SMILES string of the molecule is O=c1ccn([C@@H]2C[C@@]3(CCC[C@@H]3O)[C@@H](O)[C@H]2O)c(=O)[nH]1. The summed E-state index contributed by atoms with van der Waals surface area (Å²) in [5, 5.41) is 30.7. The summed E-state index contributed by atoms with van der Waals surface area (Å²) in [4.78, 5) is 25.0. The van der Waals surface area contributed by atoms with Crippen LogP contribution in [-0.2, 0) is 0 Å². The Morgan fingerprint density at radius 1 is 1.30 bits per heavy atom. The molecule has 1 aromatic heterocycles. The summed E-state index contributed by atoms with van der Waals surface area (Å²) in [6, 6.07) is 0.568. The number of nitrogens with zero attached hydrogens (tertiary/aromatic N) is 1. The summed E-state index contributed by atoms with van der Waals surface area (Å²) in [6.07, 6.45) is 0.784. The minimum atomic E-state index is -1.13. The monoisotopic (exact) mass is 282 g/mol. The van der Waals surface area contributed by atoms with Gasteiger partial charge in [0, 0.05) is 17.7 Å². The van der Waals surface area contributed by atoms with Gasteiger partial charge < -0.3 is 15.3 Å². The average Bonchev–Trinajstić information content (AvgIpc) is 2.88. The third-order valence-corrected chi connectivity index (χ3v) is 4.89. The highest BCUT2D eigenvalue weighted by atomic mass is 16.3. The molecule has 4 N–H and O–H groups in total. The second-order valence-electron chi connectivity index (χ2n) is 5.87. The molecule has 0 radical (unpaired) electrons. The first-order valence-corrected chi connectivity index (χ1v) is 6.81. The molecule has 2 aliphatic carbocycles. The van der Waals surface area contributed by atoms with Crippen molar-refractivity contribution in [1.82, 2.24) is 9.55 Å². The first-order valence-electron chi connectivity index (χ1n) is 6.81. The van der Waals surface area contributed by atoms with Crippen molar-refractivity contribution >= 4 is 0 Å². The Balaban J connectivity index is 2.00. The minimum Gasteiger partial charge on any atom is -0.392 e. The van der Waals surface area contributed by atoms with E-state index in [2.05, 4.69) is 4.98 Å². The number of aliphatic hydroxyl groups excluding tert-OH is 3. The topological polar surface area (TPSA) is 116 Å². The molecule has 1 spiro atoms. The highest BCUT2D eigenvalue weighted by Gasteiger charge is 2.58. The van der Waals surface area contributed by atoms with E-state index in [-0.39, 0.29) is 0 Å². The van der Waals surface area contributed by atoms with Gasteiger partial charge in [-0.1, -0.05) is 6.42 Å². The fourth-order valence-corrected chi connectivity index (χ4v) is 3.79. The highest BCUT2D eigenvalue weighted by molar-refractivity contribution is 5.10. The van der Waals surface area contributed by atoms with E-state index in [0.717, 1.165) is 6.42 Å². The molecule has 2 aliphatic rings. The van der Waals surface area contributed by atoms with Crippen LogP contribution in [0.25, 0.3) is 0 Å². The van der Waals surface area contributed by atoms with Crippen LogP contribution >= 0.6 is 0 Å². The molecule has 5 atom stereocenters. The molecule has 0 aliphatic heterocycles. The summed E-state index contributed by atoms with van der Waals surface area (Å²) >= 11 is 0. The molecule has 7 nitrogen and oxygen atoms in total. The predicted octanol–water partition coefficient (Wildman–Crippen LogP) is -1.27. The average molecular weight is 282 g/mol. The van der Waals surface area contributed by atoms with Gasteiger partial charge in [0.2, 0.25) is 0 Å². The molecule has 0 amide bonds. The number of hydrogen-bond acceptors (Lipinski definition) is 5. The third-order valence-electron chi connectivity index (χ3n) is 4.89. The van der Waals surface area contributed by atoms with Crippen molar-refractivity contribution < 1.29 is 15.3 Å². The Bertz CT molecular complexity index is 624. The van der Waals surface area contributed by atoms with Gasteiger partial charge in [0.25, 0.3) is 5.56 Å². The molecular weight excluding hydrogens is 264 g/mol. The lowest BCUT2D eigenvalue weighted by Crippen LogP contribution is -2.42. The molecular formula is C13H18N2O5. The van der Waals surface area contributed by atoms with Crippen LogP contribution in [-0.4, -0.2) is 43.2 Å². The molecule has 0 saturated heterocycles. The van der Waals surface area contributed by atoms with Crippen LogP contribution in [0.4, 0.5) is 0 Å². The fraction of sp³-hybridized carbons (Fsp3) is 0.692. The van der Waals surface area contributed by atoms with E-state index >= 15 is 0 Å². The number of H-pyrrole nitrogens is 1. The van der Waals surface area contributed by atoms with Crippen LogP contribution in [0.1, 0.15) is 31.7 Å². The van der Waals surface area contributed by atoms with E-state index < -0.39 is 41.0 Å². The largest absolute Gasteiger partial charge is 0.392 e. The molecule has 2 fully saturated rings. The third kappa shape index (κ3) is 1.77. The smallest absolute Gasteiger partial charge is 0.328 e. The van der Waals surface area contributed by atoms with Crippen LogP contribution in [0.2, 0.25) is 0 Å². The zero-order valence-electron chi connectivity index (χ0n) is 10.9. The molecule has 110 valence electrons. The van der Waals surface area contributed by atoms with Gasteiger partial charge in [0.05, 0.1) is 18.2 Å². The molecule has 0 unspecified atom stereocenters. The summed E-state index contributed by atoms with van der Waals surface area (Å²) in [5.41, 5.74) is -1.87. The van der Waals surface area contributed by atoms with E-state index in [1.54, 1.807) is 0 Å². The van der Waals surface area contributed by atoms with Crippen molar-refractivity contribution in [3.05, 3.63) is 33.1 Å². The highest BCUT2D eigenvalue weighted by Crippen LogP contribution is 2.53. The minimum absolute atomic E-state index is 0.322. The number of aromatic nitrogens is 2. The second kappa shape index (κ2) is 4.54. The summed E-state index contributed by atoms with van der Waals surface area (Å²) in [7, 11) is 0. The maximum atomic E-state index is 11.8. The van der Waals surface area contributed by atoms with Gasteiger partial charge in [0.1, 0.15) is 6.10 Å². The number of nitrogens with one attached hydrogen (secondary N) is 1. The van der Waals surface area contributed by atoms with Crippen molar-refractivity contribution in [1.29, 1.82) is 0 Å². The molecule has 20 heavy (non-hydrogen) atoms. The molecule has 1 aromatic rings. The Hall–Kier alpha value is -1.44. The Labute approximate surface area is 114 Å². The lowest BCUT2D eigenvalue weighted by atomic mass is 9.80. The quantitative estimate of drug-likeness (QED) is 0.513. The first-order chi connectivity index (χ1) is 9.45. The number of rotatable bonds is 1. The maximum Gasteiger partial charge on any atom is 0.328 e. The maximum absolute atomic E-state index is 11.8. The van der Waals surface area contributed by atoms with Gasteiger partial charge in [-0.2, -0.15) is 0 Å². The van der Waals surface area contributed by atoms with E-state index in [0.29, 0.717) is 19.3 Å². The summed E-state index contributed by atoms with van der Waals surface area (Å²) in [6.45, 7) is 0. The Morgan fingerprint density at radius 2 is 2.05 bits per heavy atom. The second-order valence-corrected chi connectivity index (χ2v) is 5.87. The van der Waals surface area contributed by atoms with E-state index in [1.165, 1.54) is 16.8 Å². The lowest BCUT2D eigenvalue weighted by Gasteiger charge is -2.31. The normalized spacial score (nSPS) is 40.5. The first kappa shape index (κ1) is 13.5. The van der Waals surface area contributed by atoms with Gasteiger partial charge in [-0.15, -0.1) is 0 Å². The van der Waals surface area contributed by atoms with Gasteiger partial charge in [0.15, 0.2) is 0 Å². The Kier molecular flexibility index (Phi) is 3.07. The van der Waals surface area contributed by atoms with Crippen molar-refractivity contribution in [2.75, 3.05) is 0 Å². The van der Waals surface area contributed by atoms with Crippen LogP contribution in [0, 0.1) is 5.41 Å². The zero-order chi connectivity index (χ0) is 14.5. The molecule has 7 heteroatoms. The van der Waals surface area contributed by atoms with Crippen LogP contribution in [0.5, 0.6) is 0 Å². The Morgan fingerprint density at radius 3 is 2.65 bits per heavy atom. The molecule has 0 bridgehead atoms. The van der Waals surface area contributed by atoms with Crippen LogP contribution in [0.3, 0.4) is 0 Å². The van der Waals surface area contributed by atoms with Crippen LogP contribution in [0.15, 0.2) is 21.9 Å². The summed E-state index contributed by atoms with van der Waals surface area (Å²) < 4.78 is 1.23. The van der Waals surface area contributed by atoms with Gasteiger partial charge in [-0.25, -0.2) is 4.79 Å². The van der Waals surface area contributed by atoms with Crippen molar-refractivity contribution in [3.63, 3.8) is 0 Å². The van der Waals surface area contributed by atoms with Crippen molar-refractivity contribution in [2.45, 2.75) is 50.0 Å². The van der Waals surface area contributed by atoms with Crippen LogP contribution < -0.4 is 11.2 Å². The number of aliphatic hydroxyl groups is 3. The zero-order valence-corrected chi connectivity index (χ0v) is 10.9. The van der Waals surface area contributed by atoms with Gasteiger partial charge in [-0.3, -0.25) is 14.3 Å². The summed E-state index contributed by atoms with van der Waals surface area (Å²) in [5.74, 6) is 0. The molecule has 3 rings (SSSR count). The number of aromatic amines is 1. The standard InChI is InChI=1S/C13H18N2O5/c16-8-2-1-4-13(8)6-7(10(18)11(13)19)15-5-3-9(17)14-12(15)20/h3,5,7-8,10-11,16,18-19H,1-2,4,6H2,(H,14,17,20)/t7-,8+,10+,11+,13-/m1/s1. The van der Waals surface area contributed by atoms with E-state index in [1.807, 2.05) is 0 Å².